The van der Waals surface area contributed by atoms with Gasteiger partial charge in [-0.3, -0.25) is 0 Å². The van der Waals surface area contributed by atoms with E-state index in [1.807, 2.05) is 65.5 Å². The van der Waals surface area contributed by atoms with E-state index in [9.17, 15) is 0 Å². The smallest absolute Gasteiger partial charge is 0.228 e. The predicted molar refractivity (Wildman–Crippen MR) is 96.5 cm³/mol. The molecule has 0 amide bonds. The van der Waals surface area contributed by atoms with Gasteiger partial charge in [-0.15, -0.1) is 0 Å². The number of fused-ring (bicyclic) bond motifs is 1. The quantitative estimate of drug-likeness (QED) is 0.399. The summed E-state index contributed by atoms with van der Waals surface area (Å²) >= 11 is 8.51. The van der Waals surface area contributed by atoms with Crippen LogP contribution in [0.1, 0.15) is 0 Å². The minimum atomic E-state index is 0.545. The molecule has 0 atom stereocenters. The molecule has 0 unspecified atom stereocenters. The summed E-state index contributed by atoms with van der Waals surface area (Å²) in [6.45, 7) is 0. The zero-order valence-corrected chi connectivity index (χ0v) is 14.2. The third-order valence-electron chi connectivity index (χ3n) is 3.43. The van der Waals surface area contributed by atoms with Gasteiger partial charge in [0.2, 0.25) is 5.89 Å². The maximum absolute atomic E-state index is 6.26. The molecule has 2 aromatic heterocycles. The van der Waals surface area contributed by atoms with Crippen molar-refractivity contribution in [2.24, 2.45) is 0 Å². The Bertz CT molecular complexity index is 960. The summed E-state index contributed by atoms with van der Waals surface area (Å²) in [6, 6.07) is 15.7. The SMILES string of the molecule is Clc1ccc(I)cc1-c1nc2cc(-n3cccc3)ccc2o1. The summed E-state index contributed by atoms with van der Waals surface area (Å²) in [6.07, 6.45) is 4.00. The van der Waals surface area contributed by atoms with Crippen LogP contribution in [0.15, 0.2) is 65.3 Å². The molecule has 0 aliphatic carbocycles. The van der Waals surface area contributed by atoms with E-state index in [0.29, 0.717) is 10.9 Å². The highest BCUT2D eigenvalue weighted by atomic mass is 127. The fourth-order valence-corrected chi connectivity index (χ4v) is 3.05. The zero-order valence-electron chi connectivity index (χ0n) is 11.3. The minimum absolute atomic E-state index is 0.545. The highest BCUT2D eigenvalue weighted by molar-refractivity contribution is 14.1. The number of oxazole rings is 1. The summed E-state index contributed by atoms with van der Waals surface area (Å²) in [5, 5.41) is 0.637. The van der Waals surface area contributed by atoms with E-state index < -0.39 is 0 Å². The summed E-state index contributed by atoms with van der Waals surface area (Å²) in [7, 11) is 0. The van der Waals surface area contributed by atoms with E-state index in [0.717, 1.165) is 25.9 Å². The van der Waals surface area contributed by atoms with Crippen LogP contribution < -0.4 is 0 Å². The molecule has 4 rings (SSSR count). The fraction of sp³-hybridized carbons (Fsp3) is 0. The van der Waals surface area contributed by atoms with Gasteiger partial charge in [0.25, 0.3) is 0 Å². The van der Waals surface area contributed by atoms with Crippen LogP contribution in [0.3, 0.4) is 0 Å². The Hall–Kier alpha value is -1.79. The lowest BCUT2D eigenvalue weighted by Gasteiger charge is -2.00. The second-order valence-electron chi connectivity index (χ2n) is 4.89. The van der Waals surface area contributed by atoms with Crippen molar-refractivity contribution in [3.05, 3.63) is 69.5 Å². The first-order valence-electron chi connectivity index (χ1n) is 6.70. The molecule has 0 spiro atoms. The fourth-order valence-electron chi connectivity index (χ4n) is 2.36. The van der Waals surface area contributed by atoms with Gasteiger partial charge >= 0.3 is 0 Å². The highest BCUT2D eigenvalue weighted by Gasteiger charge is 2.12. The first-order valence-corrected chi connectivity index (χ1v) is 8.16. The van der Waals surface area contributed by atoms with Crippen molar-refractivity contribution in [2.75, 3.05) is 0 Å². The van der Waals surface area contributed by atoms with Gasteiger partial charge in [0.15, 0.2) is 5.58 Å². The molecule has 4 aromatic rings. The summed E-state index contributed by atoms with van der Waals surface area (Å²) in [5.41, 5.74) is 3.43. The van der Waals surface area contributed by atoms with Gasteiger partial charge in [-0.1, -0.05) is 11.6 Å². The Morgan fingerprint density at radius 3 is 2.68 bits per heavy atom. The second kappa shape index (κ2) is 5.44. The third-order valence-corrected chi connectivity index (χ3v) is 4.43. The van der Waals surface area contributed by atoms with E-state index >= 15 is 0 Å². The zero-order chi connectivity index (χ0) is 15.1. The number of aromatic nitrogens is 2. The Morgan fingerprint density at radius 2 is 1.86 bits per heavy atom. The van der Waals surface area contributed by atoms with Gasteiger partial charge < -0.3 is 8.98 Å². The van der Waals surface area contributed by atoms with Crippen LogP contribution in [-0.4, -0.2) is 9.55 Å². The first kappa shape index (κ1) is 13.8. The van der Waals surface area contributed by atoms with Crippen molar-refractivity contribution in [1.29, 1.82) is 0 Å². The topological polar surface area (TPSA) is 31.0 Å². The van der Waals surface area contributed by atoms with Crippen LogP contribution >= 0.6 is 34.2 Å². The van der Waals surface area contributed by atoms with E-state index in [1.54, 1.807) is 0 Å². The monoisotopic (exact) mass is 420 g/mol. The number of rotatable bonds is 2. The molecule has 0 aliphatic rings. The molecule has 108 valence electrons. The molecule has 0 saturated carbocycles. The maximum Gasteiger partial charge on any atom is 0.228 e. The van der Waals surface area contributed by atoms with Gasteiger partial charge in [-0.2, -0.15) is 0 Å². The number of hydrogen-bond acceptors (Lipinski definition) is 2. The molecule has 3 nitrogen and oxygen atoms in total. The lowest BCUT2D eigenvalue weighted by atomic mass is 10.2. The van der Waals surface area contributed by atoms with Crippen molar-refractivity contribution >= 4 is 45.3 Å². The van der Waals surface area contributed by atoms with E-state index in [4.69, 9.17) is 16.0 Å². The van der Waals surface area contributed by atoms with Crippen LogP contribution in [0.4, 0.5) is 0 Å². The molecule has 2 heterocycles. The van der Waals surface area contributed by atoms with Crippen molar-refractivity contribution in [3.8, 4) is 17.1 Å². The Labute approximate surface area is 145 Å². The number of halogens is 2. The number of nitrogens with zero attached hydrogens (tertiary/aromatic N) is 2. The van der Waals surface area contributed by atoms with Gasteiger partial charge in [0, 0.05) is 21.7 Å². The van der Waals surface area contributed by atoms with Crippen LogP contribution in [-0.2, 0) is 0 Å². The highest BCUT2D eigenvalue weighted by Crippen LogP contribution is 2.31. The average molecular weight is 421 g/mol. The van der Waals surface area contributed by atoms with Crippen LogP contribution in [0.2, 0.25) is 5.02 Å². The van der Waals surface area contributed by atoms with Crippen LogP contribution in [0.25, 0.3) is 28.2 Å². The molecule has 2 aromatic carbocycles. The molecular formula is C17H10ClIN2O. The normalized spacial score (nSPS) is 11.2. The Balaban J connectivity index is 1.85. The van der Waals surface area contributed by atoms with Gasteiger partial charge in [0.05, 0.1) is 10.6 Å². The standard InChI is InChI=1S/C17H10ClIN2O/c18-14-5-3-11(19)9-13(14)17-20-15-10-12(4-6-16(15)22-17)21-7-1-2-8-21/h1-10H. The van der Waals surface area contributed by atoms with E-state index in [1.165, 1.54) is 0 Å². The predicted octanol–water partition coefficient (Wildman–Crippen LogP) is 5.54. The van der Waals surface area contributed by atoms with Gasteiger partial charge in [-0.25, -0.2) is 4.98 Å². The van der Waals surface area contributed by atoms with E-state index in [2.05, 4.69) is 27.6 Å². The van der Waals surface area contributed by atoms with Crippen molar-refractivity contribution in [2.45, 2.75) is 0 Å². The van der Waals surface area contributed by atoms with Crippen molar-refractivity contribution in [1.82, 2.24) is 9.55 Å². The second-order valence-corrected chi connectivity index (χ2v) is 6.54. The average Bonchev–Trinajstić information content (AvgIpc) is 3.17. The molecule has 0 aliphatic heterocycles. The molecule has 22 heavy (non-hydrogen) atoms. The molecule has 0 fully saturated rings. The van der Waals surface area contributed by atoms with E-state index in [-0.39, 0.29) is 0 Å². The summed E-state index contributed by atoms with van der Waals surface area (Å²) < 4.78 is 8.98. The lowest BCUT2D eigenvalue weighted by Crippen LogP contribution is -1.88. The first-order chi connectivity index (χ1) is 10.7. The maximum atomic E-state index is 6.26. The number of hydrogen-bond donors (Lipinski definition) is 0. The van der Waals surface area contributed by atoms with Crippen molar-refractivity contribution in [3.63, 3.8) is 0 Å². The van der Waals surface area contributed by atoms with Gasteiger partial charge in [0.1, 0.15) is 5.52 Å². The molecule has 0 saturated heterocycles. The Kier molecular flexibility index (Phi) is 3.43. The molecule has 0 bridgehead atoms. The molecule has 0 N–H and O–H groups in total. The Morgan fingerprint density at radius 1 is 1.05 bits per heavy atom. The molecule has 5 heteroatoms. The number of benzene rings is 2. The minimum Gasteiger partial charge on any atom is -0.436 e. The lowest BCUT2D eigenvalue weighted by molar-refractivity contribution is 0.620. The largest absolute Gasteiger partial charge is 0.436 e. The summed E-state index contributed by atoms with van der Waals surface area (Å²) in [5.74, 6) is 0.545. The van der Waals surface area contributed by atoms with Crippen LogP contribution in [0, 0.1) is 3.57 Å². The van der Waals surface area contributed by atoms with Crippen LogP contribution in [0.5, 0.6) is 0 Å². The van der Waals surface area contributed by atoms with Crippen molar-refractivity contribution < 1.29 is 4.42 Å². The van der Waals surface area contributed by atoms with Gasteiger partial charge in [-0.05, 0) is 71.1 Å². The molecule has 0 radical (unpaired) electrons. The molecular weight excluding hydrogens is 411 g/mol. The summed E-state index contributed by atoms with van der Waals surface area (Å²) in [4.78, 5) is 4.59. The third kappa shape index (κ3) is 2.42.